The van der Waals surface area contributed by atoms with Crippen molar-refractivity contribution in [1.29, 1.82) is 0 Å². The van der Waals surface area contributed by atoms with Crippen molar-refractivity contribution in [1.82, 2.24) is 4.98 Å². The Balaban J connectivity index is 3.08. The van der Waals surface area contributed by atoms with Crippen LogP contribution in [0, 0.1) is 0 Å². The summed E-state index contributed by atoms with van der Waals surface area (Å²) in [6.07, 6.45) is 1.69. The normalized spacial score (nSPS) is 8.90. The highest BCUT2D eigenvalue weighted by Gasteiger charge is 1.94. The molecule has 0 aliphatic carbocycles. The first kappa shape index (κ1) is 6.74. The second-order valence-electron chi connectivity index (χ2n) is 1.78. The van der Waals surface area contributed by atoms with Crippen molar-refractivity contribution in [3.63, 3.8) is 0 Å². The Hall–Kier alpha value is -1.38. The van der Waals surface area contributed by atoms with Gasteiger partial charge in [0.2, 0.25) is 0 Å². The fourth-order valence-corrected chi connectivity index (χ4v) is 0.718. The van der Waals surface area contributed by atoms with Gasteiger partial charge in [-0.05, 0) is 18.9 Å². The third kappa shape index (κ3) is 1.13. The predicted octanol–water partition coefficient (Wildman–Crippen LogP) is 1.46. The molecule has 1 heterocycles. The van der Waals surface area contributed by atoms with Crippen LogP contribution in [0.4, 0.5) is 11.5 Å². The van der Waals surface area contributed by atoms with Crippen LogP contribution < -0.4 is 5.32 Å². The molecule has 0 aromatic carbocycles. The molecule has 0 fully saturated rings. The van der Waals surface area contributed by atoms with Gasteiger partial charge in [0.15, 0.2) is 5.82 Å². The first-order valence-electron chi connectivity index (χ1n) is 2.98. The Bertz CT molecular complexity index is 232. The van der Waals surface area contributed by atoms with Crippen molar-refractivity contribution in [3.8, 4) is 0 Å². The van der Waals surface area contributed by atoms with Gasteiger partial charge in [-0.2, -0.15) is 0 Å². The van der Waals surface area contributed by atoms with E-state index in [0.717, 1.165) is 5.69 Å². The van der Waals surface area contributed by atoms with Crippen LogP contribution >= 0.6 is 0 Å². The van der Waals surface area contributed by atoms with Crippen LogP contribution in [-0.2, 0) is 0 Å². The van der Waals surface area contributed by atoms with Crippen molar-refractivity contribution < 1.29 is 0 Å². The van der Waals surface area contributed by atoms with Gasteiger partial charge in [-0.1, -0.05) is 0 Å². The molecule has 0 amide bonds. The minimum absolute atomic E-state index is 0.644. The Morgan fingerprint density at radius 1 is 1.70 bits per heavy atom. The van der Waals surface area contributed by atoms with Crippen molar-refractivity contribution in [2.24, 2.45) is 4.99 Å². The SMILES string of the molecule is C=Nc1ncccc1NC. The average molecular weight is 135 g/mol. The van der Waals surface area contributed by atoms with Gasteiger partial charge in [-0.3, -0.25) is 0 Å². The van der Waals surface area contributed by atoms with Gasteiger partial charge in [0, 0.05) is 13.2 Å². The van der Waals surface area contributed by atoms with Crippen molar-refractivity contribution in [2.75, 3.05) is 12.4 Å². The molecule has 3 nitrogen and oxygen atoms in total. The van der Waals surface area contributed by atoms with E-state index in [1.165, 1.54) is 0 Å². The first-order valence-corrected chi connectivity index (χ1v) is 2.98. The lowest BCUT2D eigenvalue weighted by molar-refractivity contribution is 1.27. The molecule has 3 heteroatoms. The van der Waals surface area contributed by atoms with Crippen LogP contribution in [-0.4, -0.2) is 18.7 Å². The first-order chi connectivity index (χ1) is 4.88. The monoisotopic (exact) mass is 135 g/mol. The standard InChI is InChI=1S/C7H9N3/c1-8-6-4-3-5-10-7(6)9-2/h3-5,8H,2H2,1H3. The van der Waals surface area contributed by atoms with Gasteiger partial charge in [0.1, 0.15) is 0 Å². The van der Waals surface area contributed by atoms with Gasteiger partial charge in [0.05, 0.1) is 5.69 Å². The van der Waals surface area contributed by atoms with Crippen LogP contribution in [0.2, 0.25) is 0 Å². The summed E-state index contributed by atoms with van der Waals surface area (Å²) in [7, 11) is 1.83. The summed E-state index contributed by atoms with van der Waals surface area (Å²) in [4.78, 5) is 7.69. The maximum atomic E-state index is 3.98. The van der Waals surface area contributed by atoms with Crippen LogP contribution in [0.15, 0.2) is 23.3 Å². The summed E-state index contributed by atoms with van der Waals surface area (Å²) in [6, 6.07) is 3.75. The Kier molecular flexibility index (Phi) is 1.99. The number of rotatable bonds is 2. The van der Waals surface area contributed by atoms with E-state index in [9.17, 15) is 0 Å². The number of pyridine rings is 1. The molecule has 0 spiro atoms. The van der Waals surface area contributed by atoms with Crippen LogP contribution in [0.5, 0.6) is 0 Å². The van der Waals surface area contributed by atoms with E-state index in [2.05, 4.69) is 22.0 Å². The van der Waals surface area contributed by atoms with Crippen molar-refractivity contribution >= 4 is 18.2 Å². The zero-order valence-electron chi connectivity index (χ0n) is 5.83. The molecule has 0 radical (unpaired) electrons. The highest BCUT2D eigenvalue weighted by Crippen LogP contribution is 2.18. The summed E-state index contributed by atoms with van der Waals surface area (Å²) in [5.74, 6) is 0.644. The molecular formula is C7H9N3. The minimum atomic E-state index is 0.644. The van der Waals surface area contributed by atoms with Crippen molar-refractivity contribution in [3.05, 3.63) is 18.3 Å². The summed E-state index contributed by atoms with van der Waals surface area (Å²) < 4.78 is 0. The zero-order chi connectivity index (χ0) is 7.40. The molecule has 0 atom stereocenters. The van der Waals surface area contributed by atoms with E-state index in [1.54, 1.807) is 6.20 Å². The Labute approximate surface area is 59.8 Å². The van der Waals surface area contributed by atoms with Gasteiger partial charge in [-0.15, -0.1) is 0 Å². The van der Waals surface area contributed by atoms with E-state index in [0.29, 0.717) is 5.82 Å². The molecule has 52 valence electrons. The maximum absolute atomic E-state index is 3.98. The van der Waals surface area contributed by atoms with Gasteiger partial charge in [0.25, 0.3) is 0 Å². The van der Waals surface area contributed by atoms with Gasteiger partial charge in [-0.25, -0.2) is 9.98 Å². The number of nitrogens with one attached hydrogen (secondary N) is 1. The number of aliphatic imine (C=N–C) groups is 1. The second-order valence-corrected chi connectivity index (χ2v) is 1.78. The van der Waals surface area contributed by atoms with Crippen LogP contribution in [0.1, 0.15) is 0 Å². The smallest absolute Gasteiger partial charge is 0.174 e. The third-order valence-electron chi connectivity index (χ3n) is 1.21. The summed E-state index contributed by atoms with van der Waals surface area (Å²) >= 11 is 0. The van der Waals surface area contributed by atoms with Gasteiger partial charge >= 0.3 is 0 Å². The fraction of sp³-hybridized carbons (Fsp3) is 0.143. The molecule has 0 saturated heterocycles. The molecule has 0 bridgehead atoms. The lowest BCUT2D eigenvalue weighted by Crippen LogP contribution is -1.88. The number of aromatic nitrogens is 1. The molecule has 0 aliphatic heterocycles. The highest BCUT2D eigenvalue weighted by molar-refractivity contribution is 5.62. The summed E-state index contributed by atoms with van der Waals surface area (Å²) in [6.45, 7) is 3.39. The molecular weight excluding hydrogens is 126 g/mol. The largest absolute Gasteiger partial charge is 0.385 e. The van der Waals surface area contributed by atoms with Crippen molar-refractivity contribution in [2.45, 2.75) is 0 Å². The Morgan fingerprint density at radius 3 is 3.00 bits per heavy atom. The average Bonchev–Trinajstić information content (AvgIpc) is 2.04. The van der Waals surface area contributed by atoms with E-state index < -0.39 is 0 Å². The molecule has 1 aromatic heterocycles. The van der Waals surface area contributed by atoms with Gasteiger partial charge < -0.3 is 5.32 Å². The molecule has 0 saturated carbocycles. The number of anilines is 1. The molecule has 1 aromatic rings. The fourth-order valence-electron chi connectivity index (χ4n) is 0.718. The summed E-state index contributed by atoms with van der Waals surface area (Å²) in [5, 5.41) is 2.95. The Morgan fingerprint density at radius 2 is 2.50 bits per heavy atom. The number of hydrogen-bond acceptors (Lipinski definition) is 3. The second kappa shape index (κ2) is 2.96. The lowest BCUT2D eigenvalue weighted by atomic mass is 10.4. The van der Waals surface area contributed by atoms with E-state index in [4.69, 9.17) is 0 Å². The van der Waals surface area contributed by atoms with Crippen LogP contribution in [0.25, 0.3) is 0 Å². The molecule has 1 rings (SSSR count). The predicted molar refractivity (Wildman–Crippen MR) is 43.0 cm³/mol. The zero-order valence-corrected chi connectivity index (χ0v) is 5.83. The van der Waals surface area contributed by atoms with E-state index in [-0.39, 0.29) is 0 Å². The molecule has 1 N–H and O–H groups in total. The third-order valence-corrected chi connectivity index (χ3v) is 1.21. The molecule has 10 heavy (non-hydrogen) atoms. The lowest BCUT2D eigenvalue weighted by Gasteiger charge is -2.00. The summed E-state index contributed by atoms with van der Waals surface area (Å²) in [5.41, 5.74) is 0.900. The van der Waals surface area contributed by atoms with Crippen LogP contribution in [0.3, 0.4) is 0 Å². The minimum Gasteiger partial charge on any atom is -0.385 e. The molecule has 0 aliphatic rings. The maximum Gasteiger partial charge on any atom is 0.174 e. The number of nitrogens with zero attached hydrogens (tertiary/aromatic N) is 2. The topological polar surface area (TPSA) is 37.3 Å². The number of hydrogen-bond donors (Lipinski definition) is 1. The highest BCUT2D eigenvalue weighted by atomic mass is 15.0. The van der Waals surface area contributed by atoms with E-state index in [1.807, 2.05) is 19.2 Å². The quantitative estimate of drug-likeness (QED) is 0.623. The molecule has 0 unspecified atom stereocenters. The van der Waals surface area contributed by atoms with E-state index >= 15 is 0 Å².